The van der Waals surface area contributed by atoms with Gasteiger partial charge in [0.05, 0.1) is 10.1 Å². The summed E-state index contributed by atoms with van der Waals surface area (Å²) in [6.07, 6.45) is 0.706. The third kappa shape index (κ3) is 3.87. The summed E-state index contributed by atoms with van der Waals surface area (Å²) in [5, 5.41) is 0.963. The van der Waals surface area contributed by atoms with Crippen LogP contribution in [0.3, 0.4) is 0 Å². The van der Waals surface area contributed by atoms with E-state index in [1.54, 1.807) is 6.07 Å². The molecule has 0 aliphatic heterocycles. The van der Waals surface area contributed by atoms with Gasteiger partial charge >= 0.3 is 0 Å². The maximum absolute atomic E-state index is 6.03. The van der Waals surface area contributed by atoms with Crippen molar-refractivity contribution < 1.29 is 4.74 Å². The van der Waals surface area contributed by atoms with Crippen molar-refractivity contribution >= 4 is 34.8 Å². The summed E-state index contributed by atoms with van der Waals surface area (Å²) in [5.74, 6) is 0.617. The van der Waals surface area contributed by atoms with Crippen LogP contribution >= 0.6 is 34.8 Å². The number of halogens is 3. The van der Waals surface area contributed by atoms with Crippen LogP contribution in [0.25, 0.3) is 0 Å². The van der Waals surface area contributed by atoms with Gasteiger partial charge in [0.2, 0.25) is 0 Å². The average Bonchev–Trinajstić information content (AvgIpc) is 2.28. The van der Waals surface area contributed by atoms with Gasteiger partial charge in [-0.25, -0.2) is 0 Å². The van der Waals surface area contributed by atoms with Crippen molar-refractivity contribution in [2.24, 2.45) is 5.73 Å². The Morgan fingerprint density at radius 3 is 2.81 bits per heavy atom. The van der Waals surface area contributed by atoms with E-state index in [9.17, 15) is 0 Å². The van der Waals surface area contributed by atoms with E-state index in [1.165, 1.54) is 5.54 Å². The van der Waals surface area contributed by atoms with Crippen molar-refractivity contribution in [1.29, 1.82) is 0 Å². The Kier molecular flexibility index (Phi) is 5.99. The lowest BCUT2D eigenvalue weighted by molar-refractivity contribution is 0.355. The number of benzene rings is 1. The molecular formula is C11H12Cl3NO. The Morgan fingerprint density at radius 1 is 1.44 bits per heavy atom. The number of rotatable bonds is 5. The molecule has 16 heavy (non-hydrogen) atoms. The molecule has 0 spiro atoms. The SMILES string of the molecule is NCCc1cccc(Cl)c1OC/C(Cl)=C/Cl. The second kappa shape index (κ2) is 7.02. The largest absolute Gasteiger partial charge is 0.486 e. The summed E-state index contributed by atoms with van der Waals surface area (Å²) >= 11 is 17.2. The number of hydrogen-bond acceptors (Lipinski definition) is 2. The third-order valence-electron chi connectivity index (χ3n) is 1.93. The number of para-hydroxylation sites is 1. The Bertz CT molecular complexity index is 379. The fourth-order valence-electron chi connectivity index (χ4n) is 1.24. The lowest BCUT2D eigenvalue weighted by Crippen LogP contribution is -2.06. The summed E-state index contributed by atoms with van der Waals surface area (Å²) in [6, 6.07) is 5.54. The molecule has 0 aliphatic rings. The first kappa shape index (κ1) is 13.7. The Labute approximate surface area is 110 Å². The molecule has 0 aliphatic carbocycles. The van der Waals surface area contributed by atoms with Crippen molar-refractivity contribution in [1.82, 2.24) is 0 Å². The fourth-order valence-corrected chi connectivity index (χ4v) is 1.61. The van der Waals surface area contributed by atoms with E-state index in [4.69, 9.17) is 45.3 Å². The molecular weight excluding hydrogens is 268 g/mol. The van der Waals surface area contributed by atoms with Crippen LogP contribution in [0.2, 0.25) is 5.02 Å². The minimum Gasteiger partial charge on any atom is -0.486 e. The number of nitrogens with two attached hydrogens (primary N) is 1. The first-order valence-electron chi connectivity index (χ1n) is 4.74. The second-order valence-electron chi connectivity index (χ2n) is 3.11. The highest BCUT2D eigenvalue weighted by Gasteiger charge is 2.08. The van der Waals surface area contributed by atoms with Crippen LogP contribution in [-0.4, -0.2) is 13.2 Å². The molecule has 2 N–H and O–H groups in total. The van der Waals surface area contributed by atoms with Gasteiger partial charge in [0, 0.05) is 5.54 Å². The number of ether oxygens (including phenoxy) is 1. The molecule has 1 aromatic carbocycles. The third-order valence-corrected chi connectivity index (χ3v) is 2.83. The Hall–Kier alpha value is -0.410. The van der Waals surface area contributed by atoms with E-state index in [-0.39, 0.29) is 6.61 Å². The molecule has 2 nitrogen and oxygen atoms in total. The highest BCUT2D eigenvalue weighted by molar-refractivity contribution is 6.36. The lowest BCUT2D eigenvalue weighted by Gasteiger charge is -2.12. The standard InChI is InChI=1S/C11H12Cl3NO/c12-6-9(13)7-16-11-8(4-5-15)2-1-3-10(11)14/h1-3,6H,4-5,7,15H2/b9-6-. The predicted molar refractivity (Wildman–Crippen MR) is 69.5 cm³/mol. The van der Waals surface area contributed by atoms with Crippen LogP contribution in [-0.2, 0) is 6.42 Å². The maximum Gasteiger partial charge on any atom is 0.141 e. The minimum absolute atomic E-state index is 0.201. The van der Waals surface area contributed by atoms with Crippen LogP contribution in [0.4, 0.5) is 0 Å². The molecule has 0 radical (unpaired) electrons. The lowest BCUT2D eigenvalue weighted by atomic mass is 10.1. The summed E-state index contributed by atoms with van der Waals surface area (Å²) in [6.45, 7) is 0.738. The molecule has 0 amide bonds. The molecule has 0 heterocycles. The molecule has 0 saturated heterocycles. The van der Waals surface area contributed by atoms with Crippen LogP contribution in [0.5, 0.6) is 5.75 Å². The normalized spacial score (nSPS) is 11.6. The zero-order valence-corrected chi connectivity index (χ0v) is 10.8. The first-order valence-corrected chi connectivity index (χ1v) is 5.93. The Morgan fingerprint density at radius 2 is 2.19 bits per heavy atom. The zero-order valence-electron chi connectivity index (χ0n) is 8.55. The average molecular weight is 281 g/mol. The van der Waals surface area contributed by atoms with E-state index in [0.717, 1.165) is 5.56 Å². The van der Waals surface area contributed by atoms with Gasteiger partial charge in [-0.05, 0) is 24.6 Å². The molecule has 0 unspecified atom stereocenters. The molecule has 1 aromatic rings. The van der Waals surface area contributed by atoms with E-state index in [0.29, 0.717) is 28.8 Å². The highest BCUT2D eigenvalue weighted by atomic mass is 35.5. The minimum atomic E-state index is 0.201. The molecule has 1 rings (SSSR count). The van der Waals surface area contributed by atoms with Crippen molar-refractivity contribution in [3.63, 3.8) is 0 Å². The van der Waals surface area contributed by atoms with Crippen molar-refractivity contribution in [3.05, 3.63) is 39.4 Å². The van der Waals surface area contributed by atoms with E-state index < -0.39 is 0 Å². The molecule has 88 valence electrons. The van der Waals surface area contributed by atoms with E-state index in [1.807, 2.05) is 12.1 Å². The van der Waals surface area contributed by atoms with E-state index in [2.05, 4.69) is 0 Å². The molecule has 0 aromatic heterocycles. The predicted octanol–water partition coefficient (Wildman–Crippen LogP) is 3.54. The van der Waals surface area contributed by atoms with Gasteiger partial charge in [-0.2, -0.15) is 0 Å². The molecule has 5 heteroatoms. The van der Waals surface area contributed by atoms with Crippen molar-refractivity contribution in [3.8, 4) is 5.75 Å². The van der Waals surface area contributed by atoms with Gasteiger partial charge < -0.3 is 10.5 Å². The van der Waals surface area contributed by atoms with Crippen molar-refractivity contribution in [2.45, 2.75) is 6.42 Å². The summed E-state index contributed by atoms with van der Waals surface area (Å²) in [5.41, 5.74) is 7.74. The van der Waals surface area contributed by atoms with Gasteiger partial charge in [0.15, 0.2) is 0 Å². The summed E-state index contributed by atoms with van der Waals surface area (Å²) < 4.78 is 5.50. The van der Waals surface area contributed by atoms with Crippen molar-refractivity contribution in [2.75, 3.05) is 13.2 Å². The molecule has 0 bridgehead atoms. The zero-order chi connectivity index (χ0) is 12.0. The van der Waals surface area contributed by atoms with Gasteiger partial charge in [0.25, 0.3) is 0 Å². The highest BCUT2D eigenvalue weighted by Crippen LogP contribution is 2.29. The molecule has 0 atom stereocenters. The van der Waals surface area contributed by atoms with Gasteiger partial charge in [-0.3, -0.25) is 0 Å². The smallest absolute Gasteiger partial charge is 0.141 e. The van der Waals surface area contributed by atoms with Gasteiger partial charge in [-0.15, -0.1) is 0 Å². The summed E-state index contributed by atoms with van der Waals surface area (Å²) in [4.78, 5) is 0. The topological polar surface area (TPSA) is 35.2 Å². The van der Waals surface area contributed by atoms with Crippen LogP contribution in [0.15, 0.2) is 28.8 Å². The monoisotopic (exact) mass is 279 g/mol. The first-order chi connectivity index (χ1) is 7.69. The van der Waals surface area contributed by atoms with Gasteiger partial charge in [-0.1, -0.05) is 46.9 Å². The van der Waals surface area contributed by atoms with E-state index >= 15 is 0 Å². The Balaban J connectivity index is 2.83. The van der Waals surface area contributed by atoms with Crippen LogP contribution in [0.1, 0.15) is 5.56 Å². The molecule has 0 saturated carbocycles. The maximum atomic E-state index is 6.03. The van der Waals surface area contributed by atoms with Gasteiger partial charge in [0.1, 0.15) is 12.4 Å². The van der Waals surface area contributed by atoms with Crippen LogP contribution < -0.4 is 10.5 Å². The second-order valence-corrected chi connectivity index (χ2v) is 4.22. The summed E-state index contributed by atoms with van der Waals surface area (Å²) in [7, 11) is 0. The molecule has 0 fully saturated rings. The quantitative estimate of drug-likeness (QED) is 0.895. The number of hydrogen-bond donors (Lipinski definition) is 1. The van der Waals surface area contributed by atoms with Crippen LogP contribution in [0, 0.1) is 0 Å². The fraction of sp³-hybridized carbons (Fsp3) is 0.273.